The molecule has 3 rings (SSSR count). The van der Waals surface area contributed by atoms with E-state index in [0.717, 1.165) is 10.0 Å². The lowest BCUT2D eigenvalue weighted by Gasteiger charge is -2.28. The van der Waals surface area contributed by atoms with E-state index in [9.17, 15) is 8.42 Å². The van der Waals surface area contributed by atoms with Gasteiger partial charge in [0, 0.05) is 29.9 Å². The first-order chi connectivity index (χ1) is 10.9. The van der Waals surface area contributed by atoms with Gasteiger partial charge in [0.15, 0.2) is 5.82 Å². The molecule has 124 valence electrons. The summed E-state index contributed by atoms with van der Waals surface area (Å²) >= 11 is 3.51. The second kappa shape index (κ2) is 6.70. The van der Waals surface area contributed by atoms with Gasteiger partial charge in [-0.1, -0.05) is 39.3 Å². The summed E-state index contributed by atoms with van der Waals surface area (Å²) in [6, 6.07) is 7.94. The Morgan fingerprint density at radius 3 is 2.65 bits per heavy atom. The fourth-order valence-corrected chi connectivity index (χ4v) is 4.05. The molecule has 0 amide bonds. The minimum atomic E-state index is -3.11. The third kappa shape index (κ3) is 3.99. The van der Waals surface area contributed by atoms with E-state index in [2.05, 4.69) is 26.1 Å². The van der Waals surface area contributed by atoms with E-state index in [4.69, 9.17) is 4.52 Å². The summed E-state index contributed by atoms with van der Waals surface area (Å²) in [6.45, 7) is 1.01. The van der Waals surface area contributed by atoms with Crippen LogP contribution in [0.3, 0.4) is 0 Å². The van der Waals surface area contributed by atoms with Gasteiger partial charge in [0.05, 0.1) is 6.26 Å². The third-order valence-corrected chi connectivity index (χ3v) is 6.14. The first-order valence-electron chi connectivity index (χ1n) is 7.44. The van der Waals surface area contributed by atoms with Crippen molar-refractivity contribution in [3.05, 3.63) is 46.0 Å². The standard InChI is InChI=1S/C15H18BrN3O3S/c1-23(20,21)19-8-6-11(7-9-19)15-17-14(18-22-15)10-12-4-2-3-5-13(12)16/h2-5,11H,6-10H2,1H3. The summed E-state index contributed by atoms with van der Waals surface area (Å²) in [7, 11) is -3.11. The predicted molar refractivity (Wildman–Crippen MR) is 89.6 cm³/mol. The Morgan fingerprint density at radius 2 is 2.00 bits per heavy atom. The maximum atomic E-state index is 11.5. The molecule has 0 radical (unpaired) electrons. The monoisotopic (exact) mass is 399 g/mol. The highest BCUT2D eigenvalue weighted by atomic mass is 79.9. The van der Waals surface area contributed by atoms with Gasteiger partial charge in [0.25, 0.3) is 0 Å². The molecule has 2 aromatic rings. The average molecular weight is 400 g/mol. The van der Waals surface area contributed by atoms with Gasteiger partial charge >= 0.3 is 0 Å². The van der Waals surface area contributed by atoms with Gasteiger partial charge in [-0.2, -0.15) is 4.98 Å². The highest BCUT2D eigenvalue weighted by Gasteiger charge is 2.29. The first-order valence-corrected chi connectivity index (χ1v) is 10.1. The van der Waals surface area contributed by atoms with Crippen LogP contribution in [0.25, 0.3) is 0 Å². The topological polar surface area (TPSA) is 76.3 Å². The number of rotatable bonds is 4. The van der Waals surface area contributed by atoms with Gasteiger partial charge in [-0.05, 0) is 24.5 Å². The number of nitrogens with zero attached hydrogens (tertiary/aromatic N) is 3. The second-order valence-electron chi connectivity index (χ2n) is 5.75. The third-order valence-electron chi connectivity index (χ3n) is 4.06. The lowest BCUT2D eigenvalue weighted by molar-refractivity contribution is 0.271. The van der Waals surface area contributed by atoms with Crippen LogP contribution in [0.2, 0.25) is 0 Å². The van der Waals surface area contributed by atoms with Crippen LogP contribution >= 0.6 is 15.9 Å². The summed E-state index contributed by atoms with van der Waals surface area (Å²) in [5.74, 6) is 1.39. The molecule has 1 aliphatic heterocycles. The van der Waals surface area contributed by atoms with E-state index >= 15 is 0 Å². The smallest absolute Gasteiger partial charge is 0.229 e. The largest absolute Gasteiger partial charge is 0.339 e. The number of piperidine rings is 1. The normalized spacial score (nSPS) is 17.5. The lowest BCUT2D eigenvalue weighted by Crippen LogP contribution is -2.37. The quantitative estimate of drug-likeness (QED) is 0.789. The van der Waals surface area contributed by atoms with E-state index in [1.54, 1.807) is 0 Å². The molecule has 0 bridgehead atoms. The minimum absolute atomic E-state index is 0.133. The Kier molecular flexibility index (Phi) is 4.84. The van der Waals surface area contributed by atoms with Crippen LogP contribution in [0.15, 0.2) is 33.3 Å². The van der Waals surface area contributed by atoms with Gasteiger partial charge < -0.3 is 4.52 Å². The molecule has 0 saturated carbocycles. The van der Waals surface area contributed by atoms with Crippen molar-refractivity contribution in [2.24, 2.45) is 0 Å². The fourth-order valence-electron chi connectivity index (χ4n) is 2.75. The summed E-state index contributed by atoms with van der Waals surface area (Å²) in [5, 5.41) is 4.06. The van der Waals surface area contributed by atoms with E-state index in [1.165, 1.54) is 10.6 Å². The van der Waals surface area contributed by atoms with E-state index < -0.39 is 10.0 Å². The van der Waals surface area contributed by atoms with Crippen LogP contribution in [0.5, 0.6) is 0 Å². The molecular formula is C15H18BrN3O3S. The Balaban J connectivity index is 1.65. The van der Waals surface area contributed by atoms with Crippen LogP contribution in [0, 0.1) is 0 Å². The summed E-state index contributed by atoms with van der Waals surface area (Å²) in [4.78, 5) is 4.49. The zero-order valence-electron chi connectivity index (χ0n) is 12.8. The van der Waals surface area contributed by atoms with Gasteiger partial charge in [0.1, 0.15) is 0 Å². The minimum Gasteiger partial charge on any atom is -0.339 e. The van der Waals surface area contributed by atoms with Gasteiger partial charge in [0.2, 0.25) is 15.9 Å². The summed E-state index contributed by atoms with van der Waals surface area (Å²) < 4.78 is 31.0. The maximum Gasteiger partial charge on any atom is 0.229 e. The highest BCUT2D eigenvalue weighted by molar-refractivity contribution is 9.10. The van der Waals surface area contributed by atoms with Crippen molar-refractivity contribution in [2.75, 3.05) is 19.3 Å². The van der Waals surface area contributed by atoms with Crippen LogP contribution in [-0.4, -0.2) is 42.2 Å². The van der Waals surface area contributed by atoms with Crippen LogP contribution in [0.4, 0.5) is 0 Å². The number of sulfonamides is 1. The molecule has 23 heavy (non-hydrogen) atoms. The van der Waals surface area contributed by atoms with Crippen molar-refractivity contribution in [1.29, 1.82) is 0 Å². The molecule has 0 aliphatic carbocycles. The predicted octanol–water partition coefficient (Wildman–Crippen LogP) is 2.56. The number of halogens is 1. The van der Waals surface area contributed by atoms with Gasteiger partial charge in [-0.25, -0.2) is 12.7 Å². The molecule has 1 aromatic carbocycles. The summed E-state index contributed by atoms with van der Waals surface area (Å²) in [5.41, 5.74) is 1.10. The fraction of sp³-hybridized carbons (Fsp3) is 0.467. The number of hydrogen-bond acceptors (Lipinski definition) is 5. The molecule has 8 heteroatoms. The zero-order valence-corrected chi connectivity index (χ0v) is 15.2. The van der Waals surface area contributed by atoms with E-state index in [0.29, 0.717) is 44.1 Å². The van der Waals surface area contributed by atoms with Crippen molar-refractivity contribution < 1.29 is 12.9 Å². The molecule has 2 heterocycles. The molecule has 1 saturated heterocycles. The maximum absolute atomic E-state index is 11.5. The van der Waals surface area contributed by atoms with Crippen molar-refractivity contribution >= 4 is 26.0 Å². The van der Waals surface area contributed by atoms with Gasteiger partial charge in [-0.15, -0.1) is 0 Å². The van der Waals surface area contributed by atoms with Crippen molar-refractivity contribution in [1.82, 2.24) is 14.4 Å². The SMILES string of the molecule is CS(=O)(=O)N1CCC(c2nc(Cc3ccccc3Br)no2)CC1. The highest BCUT2D eigenvalue weighted by Crippen LogP contribution is 2.28. The Bertz CT molecular complexity index is 783. The molecule has 0 atom stereocenters. The average Bonchev–Trinajstić information content (AvgIpc) is 2.97. The Morgan fingerprint density at radius 1 is 1.30 bits per heavy atom. The molecule has 0 unspecified atom stereocenters. The Labute approximate surface area is 144 Å². The van der Waals surface area contributed by atoms with Crippen LogP contribution < -0.4 is 0 Å². The molecule has 6 nitrogen and oxygen atoms in total. The number of aromatic nitrogens is 2. The molecule has 0 N–H and O–H groups in total. The van der Waals surface area contributed by atoms with E-state index in [1.807, 2.05) is 24.3 Å². The van der Waals surface area contributed by atoms with Crippen molar-refractivity contribution in [2.45, 2.75) is 25.2 Å². The number of benzene rings is 1. The zero-order chi connectivity index (χ0) is 16.4. The van der Waals surface area contributed by atoms with Crippen molar-refractivity contribution in [3.63, 3.8) is 0 Å². The molecule has 1 aromatic heterocycles. The number of hydrogen-bond donors (Lipinski definition) is 0. The van der Waals surface area contributed by atoms with Gasteiger partial charge in [-0.3, -0.25) is 0 Å². The van der Waals surface area contributed by atoms with E-state index in [-0.39, 0.29) is 5.92 Å². The molecule has 0 spiro atoms. The molecule has 1 aliphatic rings. The van der Waals surface area contributed by atoms with Crippen LogP contribution in [-0.2, 0) is 16.4 Å². The van der Waals surface area contributed by atoms with Crippen LogP contribution in [0.1, 0.15) is 36.0 Å². The lowest BCUT2D eigenvalue weighted by atomic mass is 9.98. The second-order valence-corrected chi connectivity index (χ2v) is 8.59. The molecule has 1 fully saturated rings. The Hall–Kier alpha value is -1.25. The van der Waals surface area contributed by atoms with Crippen molar-refractivity contribution in [3.8, 4) is 0 Å². The molecular weight excluding hydrogens is 382 g/mol. The first kappa shape index (κ1) is 16.6. The summed E-state index contributed by atoms with van der Waals surface area (Å²) in [6.07, 6.45) is 3.27.